The Bertz CT molecular complexity index is 814. The molecule has 0 aliphatic rings. The topological polar surface area (TPSA) is 78.0 Å². The first-order valence-corrected chi connectivity index (χ1v) is 7.10. The number of hydrogen-bond acceptors (Lipinski definition) is 3. The molecule has 0 saturated heterocycles. The second kappa shape index (κ2) is 5.67. The van der Waals surface area contributed by atoms with Gasteiger partial charge in [-0.25, -0.2) is 0 Å². The van der Waals surface area contributed by atoms with Gasteiger partial charge >= 0.3 is 0 Å². The summed E-state index contributed by atoms with van der Waals surface area (Å²) >= 11 is 3.40. The number of nitrogens with one attached hydrogen (secondary N) is 2. The van der Waals surface area contributed by atoms with Gasteiger partial charge in [-0.05, 0) is 30.3 Å². The van der Waals surface area contributed by atoms with Crippen LogP contribution >= 0.6 is 15.9 Å². The molecule has 0 saturated carbocycles. The van der Waals surface area contributed by atoms with Crippen LogP contribution in [0.25, 0.3) is 10.9 Å². The highest BCUT2D eigenvalue weighted by atomic mass is 79.9. The lowest BCUT2D eigenvalue weighted by Crippen LogP contribution is -2.13. The number of fused-ring (bicyclic) bond motifs is 1. The number of hydrogen-bond donors (Lipinski definition) is 3. The van der Waals surface area contributed by atoms with E-state index in [4.69, 9.17) is 0 Å². The quantitative estimate of drug-likeness (QED) is 0.682. The predicted octanol–water partition coefficient (Wildman–Crippen LogP) is 3.07. The van der Waals surface area contributed by atoms with Crippen molar-refractivity contribution < 1.29 is 9.90 Å². The van der Waals surface area contributed by atoms with Crippen molar-refractivity contribution >= 4 is 38.4 Å². The Labute approximate surface area is 129 Å². The first kappa shape index (κ1) is 13.8. The first-order chi connectivity index (χ1) is 10.2. The van der Waals surface area contributed by atoms with Gasteiger partial charge in [0.15, 0.2) is 0 Å². The van der Waals surface area contributed by atoms with Crippen molar-refractivity contribution in [3.8, 4) is 0 Å². The van der Waals surface area contributed by atoms with Gasteiger partial charge in [0.2, 0.25) is 0 Å². The SMILES string of the molecule is O=C(Nc1cnccc1CO)c1cc2cc(Br)ccc2[nH]1. The number of aliphatic hydroxyl groups excluding tert-OH is 1. The number of amides is 1. The molecule has 3 aromatic rings. The van der Waals surface area contributed by atoms with Crippen molar-refractivity contribution in [2.75, 3.05) is 5.32 Å². The maximum Gasteiger partial charge on any atom is 0.272 e. The summed E-state index contributed by atoms with van der Waals surface area (Å²) in [7, 11) is 0. The van der Waals surface area contributed by atoms with E-state index in [0.29, 0.717) is 16.9 Å². The maximum absolute atomic E-state index is 12.3. The van der Waals surface area contributed by atoms with E-state index in [2.05, 4.69) is 31.2 Å². The zero-order valence-corrected chi connectivity index (χ0v) is 12.5. The van der Waals surface area contributed by atoms with Crippen LogP contribution in [0.15, 0.2) is 47.2 Å². The average molecular weight is 346 g/mol. The molecule has 3 rings (SSSR count). The number of pyridine rings is 1. The van der Waals surface area contributed by atoms with Crippen LogP contribution in [0.1, 0.15) is 16.1 Å². The highest BCUT2D eigenvalue weighted by Crippen LogP contribution is 2.21. The van der Waals surface area contributed by atoms with E-state index in [-0.39, 0.29) is 12.5 Å². The summed E-state index contributed by atoms with van der Waals surface area (Å²) in [6.07, 6.45) is 3.09. The fourth-order valence-corrected chi connectivity index (χ4v) is 2.47. The van der Waals surface area contributed by atoms with Crippen LogP contribution in [0.5, 0.6) is 0 Å². The Morgan fingerprint density at radius 2 is 2.19 bits per heavy atom. The summed E-state index contributed by atoms with van der Waals surface area (Å²) in [5.41, 5.74) is 2.47. The normalized spacial score (nSPS) is 10.8. The molecule has 1 amide bonds. The fourth-order valence-electron chi connectivity index (χ4n) is 2.09. The summed E-state index contributed by atoms with van der Waals surface area (Å²) in [5.74, 6) is -0.273. The summed E-state index contributed by atoms with van der Waals surface area (Å²) in [5, 5.41) is 13.0. The van der Waals surface area contributed by atoms with Crippen LogP contribution in [-0.4, -0.2) is 21.0 Å². The molecule has 0 aliphatic carbocycles. The minimum atomic E-state index is -0.273. The Hall–Kier alpha value is -2.18. The number of anilines is 1. The molecular formula is C15H12BrN3O2. The molecule has 21 heavy (non-hydrogen) atoms. The standard InChI is InChI=1S/C15H12BrN3O2/c16-11-1-2-12-10(5-11)6-13(18-12)15(21)19-14-7-17-4-3-9(14)8-20/h1-7,18,20H,8H2,(H,19,21). The van der Waals surface area contributed by atoms with Crippen molar-refractivity contribution in [1.82, 2.24) is 9.97 Å². The maximum atomic E-state index is 12.3. The molecule has 0 bridgehead atoms. The smallest absolute Gasteiger partial charge is 0.272 e. The van der Waals surface area contributed by atoms with E-state index < -0.39 is 0 Å². The molecule has 0 atom stereocenters. The van der Waals surface area contributed by atoms with Gasteiger partial charge in [0, 0.05) is 27.1 Å². The van der Waals surface area contributed by atoms with Gasteiger partial charge in [-0.3, -0.25) is 9.78 Å². The Morgan fingerprint density at radius 3 is 3.00 bits per heavy atom. The number of benzene rings is 1. The molecule has 0 radical (unpaired) electrons. The minimum Gasteiger partial charge on any atom is -0.392 e. The van der Waals surface area contributed by atoms with E-state index in [9.17, 15) is 9.90 Å². The number of aliphatic hydroxyl groups is 1. The summed E-state index contributed by atoms with van der Waals surface area (Å²) < 4.78 is 0.954. The second-order valence-corrected chi connectivity index (χ2v) is 5.48. The van der Waals surface area contributed by atoms with Gasteiger partial charge < -0.3 is 15.4 Å². The van der Waals surface area contributed by atoms with E-state index >= 15 is 0 Å². The van der Waals surface area contributed by atoms with Crippen molar-refractivity contribution in [1.29, 1.82) is 0 Å². The lowest BCUT2D eigenvalue weighted by Gasteiger charge is -2.07. The molecule has 106 valence electrons. The van der Waals surface area contributed by atoms with E-state index in [1.54, 1.807) is 18.3 Å². The second-order valence-electron chi connectivity index (χ2n) is 4.56. The Morgan fingerprint density at radius 1 is 1.33 bits per heavy atom. The van der Waals surface area contributed by atoms with Crippen molar-refractivity contribution in [2.45, 2.75) is 6.61 Å². The Balaban J connectivity index is 1.90. The number of halogens is 1. The molecule has 0 spiro atoms. The van der Waals surface area contributed by atoms with Crippen molar-refractivity contribution in [2.24, 2.45) is 0 Å². The van der Waals surface area contributed by atoms with Crippen molar-refractivity contribution in [3.05, 3.63) is 58.5 Å². The molecule has 0 unspecified atom stereocenters. The number of H-pyrrole nitrogens is 1. The van der Waals surface area contributed by atoms with E-state index in [0.717, 1.165) is 15.4 Å². The number of aromatic nitrogens is 2. The largest absolute Gasteiger partial charge is 0.392 e. The lowest BCUT2D eigenvalue weighted by molar-refractivity contribution is 0.102. The van der Waals surface area contributed by atoms with Gasteiger partial charge in [0.1, 0.15) is 5.69 Å². The van der Waals surface area contributed by atoms with Crippen LogP contribution < -0.4 is 5.32 Å². The molecule has 5 nitrogen and oxygen atoms in total. The third-order valence-corrected chi connectivity index (χ3v) is 3.65. The summed E-state index contributed by atoms with van der Waals surface area (Å²) in [4.78, 5) is 19.3. The van der Waals surface area contributed by atoms with Crippen LogP contribution in [-0.2, 0) is 6.61 Å². The van der Waals surface area contributed by atoms with Crippen LogP contribution in [0.3, 0.4) is 0 Å². The summed E-state index contributed by atoms with van der Waals surface area (Å²) in [6, 6.07) is 9.19. The zero-order chi connectivity index (χ0) is 14.8. The third-order valence-electron chi connectivity index (χ3n) is 3.16. The highest BCUT2D eigenvalue weighted by Gasteiger charge is 2.12. The molecule has 0 aliphatic heterocycles. The van der Waals surface area contributed by atoms with Crippen LogP contribution in [0.2, 0.25) is 0 Å². The Kier molecular flexibility index (Phi) is 3.72. The molecule has 2 aromatic heterocycles. The lowest BCUT2D eigenvalue weighted by atomic mass is 10.2. The first-order valence-electron chi connectivity index (χ1n) is 6.31. The third kappa shape index (κ3) is 2.81. The molecule has 3 N–H and O–H groups in total. The molecular weight excluding hydrogens is 334 g/mol. The number of aromatic amines is 1. The fraction of sp³-hybridized carbons (Fsp3) is 0.0667. The zero-order valence-electron chi connectivity index (χ0n) is 10.9. The summed E-state index contributed by atoms with van der Waals surface area (Å²) in [6.45, 7) is -0.155. The van der Waals surface area contributed by atoms with Gasteiger partial charge in [0.05, 0.1) is 18.5 Å². The minimum absolute atomic E-state index is 0.155. The van der Waals surface area contributed by atoms with Crippen LogP contribution in [0.4, 0.5) is 5.69 Å². The number of carbonyl (C=O) groups excluding carboxylic acids is 1. The number of carbonyl (C=O) groups is 1. The monoisotopic (exact) mass is 345 g/mol. The highest BCUT2D eigenvalue weighted by molar-refractivity contribution is 9.10. The van der Waals surface area contributed by atoms with Gasteiger partial charge in [0.25, 0.3) is 5.91 Å². The van der Waals surface area contributed by atoms with Crippen LogP contribution in [0, 0.1) is 0 Å². The molecule has 1 aromatic carbocycles. The predicted molar refractivity (Wildman–Crippen MR) is 84.1 cm³/mol. The average Bonchev–Trinajstić information content (AvgIpc) is 2.91. The number of nitrogens with zero attached hydrogens (tertiary/aromatic N) is 1. The van der Waals surface area contributed by atoms with Crippen molar-refractivity contribution in [3.63, 3.8) is 0 Å². The molecule has 6 heteroatoms. The number of rotatable bonds is 3. The van der Waals surface area contributed by atoms with Gasteiger partial charge in [-0.2, -0.15) is 0 Å². The van der Waals surface area contributed by atoms with Gasteiger partial charge in [-0.15, -0.1) is 0 Å². The molecule has 0 fully saturated rings. The van der Waals surface area contributed by atoms with E-state index in [1.165, 1.54) is 6.20 Å². The van der Waals surface area contributed by atoms with E-state index in [1.807, 2.05) is 18.2 Å². The molecule has 2 heterocycles. The van der Waals surface area contributed by atoms with Gasteiger partial charge in [-0.1, -0.05) is 15.9 Å².